The Morgan fingerprint density at radius 3 is 2.36 bits per heavy atom. The molecule has 0 aromatic carbocycles. The average molecular weight is 194 g/mol. The molecule has 0 aromatic heterocycles. The number of hydrogen-bond acceptors (Lipinski definition) is 0. The summed E-state index contributed by atoms with van der Waals surface area (Å²) in [4.78, 5) is 0. The highest BCUT2D eigenvalue weighted by Crippen LogP contribution is 2.24. The monoisotopic (exact) mass is 194 g/mol. The second kappa shape index (κ2) is 7.84. The third-order valence-electron chi connectivity index (χ3n) is 2.83. The predicted octanol–water partition coefficient (Wildman–Crippen LogP) is 4.97. The summed E-state index contributed by atoms with van der Waals surface area (Å²) < 4.78 is 0. The Kier molecular flexibility index (Phi) is 7.55. The maximum Gasteiger partial charge on any atom is -0.0208 e. The van der Waals surface area contributed by atoms with E-state index >= 15 is 0 Å². The van der Waals surface area contributed by atoms with Crippen molar-refractivity contribution < 1.29 is 0 Å². The first-order valence-electron chi connectivity index (χ1n) is 5.90. The predicted molar refractivity (Wildman–Crippen MR) is 66.4 cm³/mol. The zero-order valence-corrected chi connectivity index (χ0v) is 10.2. The van der Waals surface area contributed by atoms with E-state index < -0.39 is 0 Å². The van der Waals surface area contributed by atoms with Crippen molar-refractivity contribution in [3.05, 3.63) is 24.8 Å². The Bertz CT molecular complexity index is 165. The zero-order chi connectivity index (χ0) is 11.0. The van der Waals surface area contributed by atoms with Crippen LogP contribution in [0.15, 0.2) is 24.8 Å². The van der Waals surface area contributed by atoms with Crippen LogP contribution in [-0.2, 0) is 0 Å². The fraction of sp³-hybridized carbons (Fsp3) is 0.714. The quantitative estimate of drug-likeness (QED) is 0.478. The molecule has 0 rings (SSSR count). The van der Waals surface area contributed by atoms with Crippen molar-refractivity contribution in [3.8, 4) is 0 Å². The second-order valence-electron chi connectivity index (χ2n) is 4.56. The standard InChI is InChI=1S/C14H26/c1-6-8-9-13(5)14(7-2)11-10-12(3)4/h6,12,14H,1,5,7-11H2,2-4H3. The zero-order valence-electron chi connectivity index (χ0n) is 10.2. The van der Waals surface area contributed by atoms with E-state index in [0.717, 1.165) is 24.7 Å². The third-order valence-corrected chi connectivity index (χ3v) is 2.83. The maximum absolute atomic E-state index is 4.19. The molecule has 0 heterocycles. The van der Waals surface area contributed by atoms with Crippen molar-refractivity contribution >= 4 is 0 Å². The molecule has 0 aliphatic carbocycles. The van der Waals surface area contributed by atoms with Gasteiger partial charge >= 0.3 is 0 Å². The summed E-state index contributed by atoms with van der Waals surface area (Å²) in [5.41, 5.74) is 1.42. The van der Waals surface area contributed by atoms with Gasteiger partial charge in [0, 0.05) is 0 Å². The van der Waals surface area contributed by atoms with Crippen molar-refractivity contribution in [2.75, 3.05) is 0 Å². The van der Waals surface area contributed by atoms with Gasteiger partial charge in [-0.2, -0.15) is 0 Å². The number of hydrogen-bond donors (Lipinski definition) is 0. The molecule has 0 amide bonds. The van der Waals surface area contributed by atoms with Crippen LogP contribution in [0.5, 0.6) is 0 Å². The molecule has 0 aliphatic rings. The third kappa shape index (κ3) is 6.01. The molecule has 1 atom stereocenters. The minimum Gasteiger partial charge on any atom is -0.103 e. The fourth-order valence-electron chi connectivity index (χ4n) is 1.72. The molecule has 0 heteroatoms. The topological polar surface area (TPSA) is 0 Å². The summed E-state index contributed by atoms with van der Waals surface area (Å²) in [5, 5.41) is 0. The highest BCUT2D eigenvalue weighted by molar-refractivity contribution is 5.01. The van der Waals surface area contributed by atoms with Gasteiger partial charge in [0.25, 0.3) is 0 Å². The lowest BCUT2D eigenvalue weighted by Crippen LogP contribution is -2.04. The molecule has 0 bridgehead atoms. The van der Waals surface area contributed by atoms with E-state index in [9.17, 15) is 0 Å². The van der Waals surface area contributed by atoms with Crippen LogP contribution in [0, 0.1) is 11.8 Å². The molecule has 0 aliphatic heterocycles. The van der Waals surface area contributed by atoms with Crippen LogP contribution >= 0.6 is 0 Å². The van der Waals surface area contributed by atoms with Crippen LogP contribution in [0.1, 0.15) is 52.9 Å². The summed E-state index contributed by atoms with van der Waals surface area (Å²) in [6.07, 6.45) is 8.07. The summed E-state index contributed by atoms with van der Waals surface area (Å²) in [7, 11) is 0. The first-order valence-corrected chi connectivity index (χ1v) is 5.90. The van der Waals surface area contributed by atoms with Gasteiger partial charge in [-0.05, 0) is 37.5 Å². The fourth-order valence-corrected chi connectivity index (χ4v) is 1.72. The molecular weight excluding hydrogens is 168 g/mol. The van der Waals surface area contributed by atoms with E-state index in [1.807, 2.05) is 6.08 Å². The van der Waals surface area contributed by atoms with Crippen LogP contribution in [-0.4, -0.2) is 0 Å². The highest BCUT2D eigenvalue weighted by atomic mass is 14.2. The van der Waals surface area contributed by atoms with Crippen molar-refractivity contribution in [1.29, 1.82) is 0 Å². The molecule has 0 saturated carbocycles. The first-order chi connectivity index (χ1) is 6.61. The summed E-state index contributed by atoms with van der Waals surface area (Å²) in [5.74, 6) is 1.55. The lowest BCUT2D eigenvalue weighted by molar-refractivity contribution is 0.450. The highest BCUT2D eigenvalue weighted by Gasteiger charge is 2.10. The van der Waals surface area contributed by atoms with Gasteiger partial charge in [0.05, 0.1) is 0 Å². The molecule has 0 saturated heterocycles. The van der Waals surface area contributed by atoms with E-state index in [1.165, 1.54) is 24.8 Å². The van der Waals surface area contributed by atoms with Gasteiger partial charge in [0.1, 0.15) is 0 Å². The van der Waals surface area contributed by atoms with Crippen LogP contribution < -0.4 is 0 Å². The van der Waals surface area contributed by atoms with Crippen LogP contribution in [0.25, 0.3) is 0 Å². The lowest BCUT2D eigenvalue weighted by atomic mass is 9.88. The van der Waals surface area contributed by atoms with Gasteiger partial charge < -0.3 is 0 Å². The Labute approximate surface area is 90.1 Å². The normalized spacial score (nSPS) is 12.9. The molecule has 82 valence electrons. The maximum atomic E-state index is 4.19. The van der Waals surface area contributed by atoms with Crippen LogP contribution in [0.3, 0.4) is 0 Å². The number of allylic oxidation sites excluding steroid dienone is 2. The molecule has 0 nitrogen and oxygen atoms in total. The van der Waals surface area contributed by atoms with Crippen molar-refractivity contribution in [1.82, 2.24) is 0 Å². The SMILES string of the molecule is C=CCCC(=C)C(CC)CCC(C)C. The van der Waals surface area contributed by atoms with Crippen molar-refractivity contribution in [2.24, 2.45) is 11.8 Å². The first kappa shape index (κ1) is 13.5. The van der Waals surface area contributed by atoms with Crippen LogP contribution in [0.2, 0.25) is 0 Å². The molecule has 0 N–H and O–H groups in total. The molecule has 14 heavy (non-hydrogen) atoms. The molecule has 0 radical (unpaired) electrons. The van der Waals surface area contributed by atoms with Gasteiger partial charge in [0.2, 0.25) is 0 Å². The summed E-state index contributed by atoms with van der Waals surface area (Å²) in [6, 6.07) is 0. The van der Waals surface area contributed by atoms with E-state index in [4.69, 9.17) is 0 Å². The van der Waals surface area contributed by atoms with E-state index in [0.29, 0.717) is 0 Å². The van der Waals surface area contributed by atoms with Gasteiger partial charge in [-0.1, -0.05) is 45.4 Å². The van der Waals surface area contributed by atoms with Crippen molar-refractivity contribution in [2.45, 2.75) is 52.9 Å². The van der Waals surface area contributed by atoms with Gasteiger partial charge in [-0.25, -0.2) is 0 Å². The Balaban J connectivity index is 3.86. The molecule has 0 spiro atoms. The smallest absolute Gasteiger partial charge is 0.0208 e. The largest absolute Gasteiger partial charge is 0.103 e. The molecular formula is C14H26. The summed E-state index contributed by atoms with van der Waals surface area (Å²) in [6.45, 7) is 14.8. The van der Waals surface area contributed by atoms with E-state index in [2.05, 4.69) is 33.9 Å². The molecule has 0 fully saturated rings. The lowest BCUT2D eigenvalue weighted by Gasteiger charge is -2.18. The van der Waals surface area contributed by atoms with E-state index in [-0.39, 0.29) is 0 Å². The minimum atomic E-state index is 0.734. The van der Waals surface area contributed by atoms with Gasteiger partial charge in [-0.15, -0.1) is 6.58 Å². The van der Waals surface area contributed by atoms with Gasteiger partial charge in [0.15, 0.2) is 0 Å². The Morgan fingerprint density at radius 2 is 1.93 bits per heavy atom. The van der Waals surface area contributed by atoms with E-state index in [1.54, 1.807) is 0 Å². The molecule has 1 unspecified atom stereocenters. The second-order valence-corrected chi connectivity index (χ2v) is 4.56. The Morgan fingerprint density at radius 1 is 1.29 bits per heavy atom. The van der Waals surface area contributed by atoms with Crippen molar-refractivity contribution in [3.63, 3.8) is 0 Å². The summed E-state index contributed by atoms with van der Waals surface area (Å²) >= 11 is 0. The Hall–Kier alpha value is -0.520. The minimum absolute atomic E-state index is 0.734. The number of rotatable bonds is 8. The van der Waals surface area contributed by atoms with Crippen LogP contribution in [0.4, 0.5) is 0 Å². The average Bonchev–Trinajstić information content (AvgIpc) is 2.15. The van der Waals surface area contributed by atoms with Gasteiger partial charge in [-0.3, -0.25) is 0 Å². The molecule has 0 aromatic rings.